The number of amides is 1. The van der Waals surface area contributed by atoms with Gasteiger partial charge in [-0.25, -0.2) is 19.7 Å². The topological polar surface area (TPSA) is 124 Å². The van der Waals surface area contributed by atoms with E-state index in [1.54, 1.807) is 29.4 Å². The van der Waals surface area contributed by atoms with Gasteiger partial charge in [-0.1, -0.05) is 0 Å². The highest BCUT2D eigenvalue weighted by atomic mass is 19.4. The van der Waals surface area contributed by atoms with Crippen molar-refractivity contribution in [3.8, 4) is 16.9 Å². The second-order valence-corrected chi connectivity index (χ2v) is 13.7. The van der Waals surface area contributed by atoms with Crippen LogP contribution >= 0.6 is 0 Å². The lowest BCUT2D eigenvalue weighted by atomic mass is 9.86. The fourth-order valence-corrected chi connectivity index (χ4v) is 6.30. The summed E-state index contributed by atoms with van der Waals surface area (Å²) >= 11 is 0. The highest BCUT2D eigenvalue weighted by Crippen LogP contribution is 2.46. The van der Waals surface area contributed by atoms with Gasteiger partial charge >= 0.3 is 12.3 Å². The summed E-state index contributed by atoms with van der Waals surface area (Å²) < 4.78 is 57.1. The number of nitrogens with zero attached hydrogens (tertiary/aromatic N) is 8. The average Bonchev–Trinajstić information content (AvgIpc) is 3.62. The zero-order valence-corrected chi connectivity index (χ0v) is 28.5. The van der Waals surface area contributed by atoms with Crippen molar-refractivity contribution in [2.45, 2.75) is 65.5 Å². The van der Waals surface area contributed by atoms with Gasteiger partial charge in [-0.05, 0) is 64.8 Å². The molecule has 0 aliphatic carbocycles. The molecule has 262 valence electrons. The molecular weight excluding hydrogens is 641 g/mol. The molecule has 1 aromatic carbocycles. The smallest absolute Gasteiger partial charge is 0.435 e. The molecule has 1 amide bonds. The van der Waals surface area contributed by atoms with Crippen LogP contribution in [0.3, 0.4) is 0 Å². The Morgan fingerprint density at radius 1 is 1.06 bits per heavy atom. The Morgan fingerprint density at radius 2 is 1.80 bits per heavy atom. The van der Waals surface area contributed by atoms with Gasteiger partial charge in [0.2, 0.25) is 5.95 Å². The van der Waals surface area contributed by atoms with Gasteiger partial charge in [0.1, 0.15) is 17.2 Å². The summed E-state index contributed by atoms with van der Waals surface area (Å²) in [5.41, 5.74) is 1.03. The van der Waals surface area contributed by atoms with E-state index in [-0.39, 0.29) is 29.6 Å². The maximum atomic E-state index is 14.1. The molecule has 3 aromatic heterocycles. The van der Waals surface area contributed by atoms with Crippen LogP contribution in [0.15, 0.2) is 36.8 Å². The number of aliphatic hydroxyl groups excluding tert-OH is 1. The molecule has 1 fully saturated rings. The number of aromatic nitrogens is 6. The molecule has 1 N–H and O–H groups in total. The van der Waals surface area contributed by atoms with Crippen LogP contribution in [0.4, 0.5) is 23.9 Å². The average molecular weight is 683 g/mol. The van der Waals surface area contributed by atoms with Crippen LogP contribution in [-0.4, -0.2) is 83.8 Å². The summed E-state index contributed by atoms with van der Waals surface area (Å²) in [4.78, 5) is 30.0. The molecule has 2 atom stereocenters. The van der Waals surface area contributed by atoms with E-state index in [0.29, 0.717) is 61.9 Å². The van der Waals surface area contributed by atoms with E-state index in [9.17, 15) is 23.1 Å². The van der Waals surface area contributed by atoms with Crippen molar-refractivity contribution in [3.05, 3.63) is 70.8 Å². The minimum absolute atomic E-state index is 0.0652. The van der Waals surface area contributed by atoms with Gasteiger partial charge in [0, 0.05) is 92.4 Å². The number of carbonyl (C=O) groups excluding carboxylic acids is 1. The molecule has 12 nitrogen and oxygen atoms in total. The van der Waals surface area contributed by atoms with E-state index < -0.39 is 29.5 Å². The third-order valence-electron chi connectivity index (χ3n) is 8.63. The summed E-state index contributed by atoms with van der Waals surface area (Å²) in [6.07, 6.45) is -0.976. The monoisotopic (exact) mass is 682 g/mol. The maximum Gasteiger partial charge on any atom is 0.435 e. The summed E-state index contributed by atoms with van der Waals surface area (Å²) in [5, 5.41) is 15.5. The van der Waals surface area contributed by atoms with Crippen molar-refractivity contribution in [3.63, 3.8) is 0 Å². The maximum absolute atomic E-state index is 14.1. The van der Waals surface area contributed by atoms with Crippen LogP contribution in [0, 0.1) is 19.8 Å². The Hall–Kier alpha value is -4.66. The number of aryl methyl sites for hydroxylation is 3. The molecule has 49 heavy (non-hydrogen) atoms. The van der Waals surface area contributed by atoms with Crippen molar-refractivity contribution in [2.24, 2.45) is 13.0 Å². The predicted molar refractivity (Wildman–Crippen MR) is 174 cm³/mol. The fraction of sp³-hybridized carbons (Fsp3) is 0.500. The summed E-state index contributed by atoms with van der Waals surface area (Å²) in [6.45, 7) is 11.6. The lowest BCUT2D eigenvalue weighted by Gasteiger charge is -2.36. The molecule has 4 aromatic rings. The SMILES string of the molecule is Cc1cc(C[C@@H]2COc3c(-c4cn(C)nc4C(F)(F)F)cc(Cn4ccnc4C)cc3[C@@H]2O)nc(N2CCN(C(=O)OC(C)(C)C)CC2)n1. The number of fused-ring (bicyclic) bond motifs is 1. The van der Waals surface area contributed by atoms with Crippen molar-refractivity contribution < 1.29 is 32.5 Å². The van der Waals surface area contributed by atoms with Gasteiger partial charge < -0.3 is 28.9 Å². The molecule has 5 heterocycles. The number of aliphatic hydroxyl groups is 1. The van der Waals surface area contributed by atoms with E-state index >= 15 is 0 Å². The van der Waals surface area contributed by atoms with Crippen LogP contribution in [0.1, 0.15) is 60.9 Å². The molecule has 0 saturated carbocycles. The zero-order chi connectivity index (χ0) is 35.2. The second-order valence-electron chi connectivity index (χ2n) is 13.7. The Labute approximate surface area is 282 Å². The number of halogens is 3. The van der Waals surface area contributed by atoms with Gasteiger partial charge in [0.15, 0.2) is 5.69 Å². The van der Waals surface area contributed by atoms with E-state index in [2.05, 4.69) is 15.1 Å². The quantitative estimate of drug-likeness (QED) is 0.296. The first-order valence-electron chi connectivity index (χ1n) is 16.2. The Bertz CT molecular complexity index is 1840. The minimum Gasteiger partial charge on any atom is -0.492 e. The molecule has 0 radical (unpaired) electrons. The molecule has 0 bridgehead atoms. The van der Waals surface area contributed by atoms with E-state index in [4.69, 9.17) is 14.5 Å². The van der Waals surface area contributed by atoms with Crippen LogP contribution < -0.4 is 9.64 Å². The number of hydrogen-bond acceptors (Lipinski definition) is 9. The molecular formula is C34H41F3N8O4. The van der Waals surface area contributed by atoms with Crippen molar-refractivity contribution in [1.82, 2.24) is 34.2 Å². The molecule has 15 heteroatoms. The number of ether oxygens (including phenoxy) is 2. The van der Waals surface area contributed by atoms with Crippen molar-refractivity contribution in [2.75, 3.05) is 37.7 Å². The number of alkyl halides is 3. The van der Waals surface area contributed by atoms with Gasteiger partial charge in [-0.3, -0.25) is 4.68 Å². The predicted octanol–water partition coefficient (Wildman–Crippen LogP) is 5.10. The van der Waals surface area contributed by atoms with Gasteiger partial charge in [-0.15, -0.1) is 0 Å². The number of hydrogen-bond donors (Lipinski definition) is 1. The number of imidazole rings is 1. The number of piperazine rings is 1. The number of carbonyl (C=O) groups is 1. The van der Waals surface area contributed by atoms with Gasteiger partial charge in [-0.2, -0.15) is 18.3 Å². The standard InChI is InChI=1S/C34H41F3N8O4/c1-20-13-24(40-31(39-20)43-9-11-44(12-10-43)32(47)49-33(3,4)5)16-23-19-48-29-25(27-18-42(6)41-30(27)34(35,36)37)14-22(15-26(29)28(23)46)17-45-8-7-38-21(45)2/h7-8,13-15,18,23,28,46H,9-12,16-17,19H2,1-6H3/t23-,28-/m1/s1. The van der Waals surface area contributed by atoms with Crippen LogP contribution in [0.5, 0.6) is 5.75 Å². The van der Waals surface area contributed by atoms with Crippen LogP contribution in [0.2, 0.25) is 0 Å². The molecule has 1 saturated heterocycles. The lowest BCUT2D eigenvalue weighted by molar-refractivity contribution is -0.141. The van der Waals surface area contributed by atoms with E-state index in [1.807, 2.05) is 50.2 Å². The number of benzene rings is 1. The third-order valence-corrected chi connectivity index (χ3v) is 8.63. The normalized spacial score (nSPS) is 18.3. The largest absolute Gasteiger partial charge is 0.492 e. The first kappa shape index (κ1) is 34.2. The Balaban J connectivity index is 1.26. The van der Waals surface area contributed by atoms with Gasteiger partial charge in [0.25, 0.3) is 0 Å². The first-order chi connectivity index (χ1) is 23.1. The van der Waals surface area contributed by atoms with E-state index in [0.717, 1.165) is 16.2 Å². The van der Waals surface area contributed by atoms with Crippen molar-refractivity contribution in [1.29, 1.82) is 0 Å². The highest BCUT2D eigenvalue weighted by molar-refractivity contribution is 5.75. The minimum atomic E-state index is -4.69. The van der Waals surface area contributed by atoms with Crippen LogP contribution in [-0.2, 0) is 30.9 Å². The molecule has 2 aliphatic rings. The number of anilines is 1. The van der Waals surface area contributed by atoms with Gasteiger partial charge in [0.05, 0.1) is 12.7 Å². The molecule has 0 unspecified atom stereocenters. The fourth-order valence-electron chi connectivity index (χ4n) is 6.30. The van der Waals surface area contributed by atoms with E-state index in [1.165, 1.54) is 13.2 Å². The third kappa shape index (κ3) is 7.51. The first-order valence-corrected chi connectivity index (χ1v) is 16.2. The summed E-state index contributed by atoms with van der Waals surface area (Å²) in [7, 11) is 1.44. The number of rotatable bonds is 6. The lowest BCUT2D eigenvalue weighted by Crippen LogP contribution is -2.50. The Morgan fingerprint density at radius 3 is 2.45 bits per heavy atom. The van der Waals surface area contributed by atoms with Crippen LogP contribution in [0.25, 0.3) is 11.1 Å². The molecule has 2 aliphatic heterocycles. The summed E-state index contributed by atoms with van der Waals surface area (Å²) in [6, 6.07) is 5.32. The zero-order valence-electron chi connectivity index (χ0n) is 28.5. The second kappa shape index (κ2) is 13.0. The highest BCUT2D eigenvalue weighted by Gasteiger charge is 2.40. The molecule has 0 spiro atoms. The van der Waals surface area contributed by atoms with Crippen molar-refractivity contribution >= 4 is 12.0 Å². The summed E-state index contributed by atoms with van der Waals surface area (Å²) in [5.74, 6) is 1.04. The molecule has 6 rings (SSSR count). The Kier molecular flexibility index (Phi) is 9.07.